The summed E-state index contributed by atoms with van der Waals surface area (Å²) < 4.78 is 4.76. The highest BCUT2D eigenvalue weighted by atomic mass is 28.4. The lowest BCUT2D eigenvalue weighted by Crippen LogP contribution is -2.90. The van der Waals surface area contributed by atoms with Gasteiger partial charge in [0.2, 0.25) is 16.5 Å². The SMILES string of the molecule is Oc1c2c(c(O)n1CCCN([Si](c1ccccc1)(c1ccccc1)c1ccccc1)[Si](c1ccccc1)(c1ccccc1)c1ccccc1)CCCC2. The van der Waals surface area contributed by atoms with Crippen molar-refractivity contribution >= 4 is 47.6 Å². The highest BCUT2D eigenvalue weighted by Crippen LogP contribution is 2.39. The molecule has 8 rings (SSSR count). The summed E-state index contributed by atoms with van der Waals surface area (Å²) in [5.74, 6) is 0.471. The molecule has 0 aliphatic heterocycles. The smallest absolute Gasteiger partial charge is 0.219 e. The molecule has 7 aromatic rings. The molecule has 6 aromatic carbocycles. The van der Waals surface area contributed by atoms with Gasteiger partial charge in [0.05, 0.1) is 0 Å². The Balaban J connectivity index is 1.46. The zero-order valence-electron chi connectivity index (χ0n) is 30.1. The molecule has 53 heavy (non-hydrogen) atoms. The summed E-state index contributed by atoms with van der Waals surface area (Å²) >= 11 is 0. The number of aromatic nitrogens is 1. The van der Waals surface area contributed by atoms with Gasteiger partial charge in [-0.25, -0.2) is 0 Å². The Hall–Kier alpha value is -5.41. The minimum atomic E-state index is -3.15. The van der Waals surface area contributed by atoms with Crippen LogP contribution in [-0.4, -0.2) is 42.0 Å². The zero-order valence-corrected chi connectivity index (χ0v) is 32.1. The van der Waals surface area contributed by atoms with Crippen LogP contribution in [0.5, 0.6) is 11.8 Å². The maximum absolute atomic E-state index is 11.5. The number of rotatable bonds is 12. The lowest BCUT2D eigenvalue weighted by Gasteiger charge is -2.54. The van der Waals surface area contributed by atoms with Gasteiger partial charge in [-0.2, -0.15) is 0 Å². The Kier molecular flexibility index (Phi) is 10.0. The molecule has 0 bridgehead atoms. The average molecular weight is 727 g/mol. The summed E-state index contributed by atoms with van der Waals surface area (Å²) in [5.41, 5.74) is 1.85. The molecular formula is C47H46N2O2Si2. The molecule has 0 radical (unpaired) electrons. The van der Waals surface area contributed by atoms with Gasteiger partial charge in [-0.05, 0) is 69.8 Å². The van der Waals surface area contributed by atoms with Crippen LogP contribution in [0.4, 0.5) is 0 Å². The minimum absolute atomic E-state index is 0.235. The Labute approximate surface area is 315 Å². The third-order valence-electron chi connectivity index (χ3n) is 11.2. The summed E-state index contributed by atoms with van der Waals surface area (Å²) in [6.45, 7) is 1.23. The molecule has 1 aliphatic rings. The Morgan fingerprint density at radius 2 is 0.679 bits per heavy atom. The van der Waals surface area contributed by atoms with Crippen molar-refractivity contribution in [1.82, 2.24) is 8.80 Å². The van der Waals surface area contributed by atoms with Crippen molar-refractivity contribution in [2.75, 3.05) is 6.54 Å². The Morgan fingerprint density at radius 3 is 0.943 bits per heavy atom. The van der Waals surface area contributed by atoms with Crippen molar-refractivity contribution < 1.29 is 10.2 Å². The molecule has 0 spiro atoms. The van der Waals surface area contributed by atoms with Crippen molar-refractivity contribution in [2.24, 2.45) is 0 Å². The van der Waals surface area contributed by atoms with Gasteiger partial charge in [-0.15, -0.1) is 0 Å². The first-order chi connectivity index (χ1) is 26.2. The highest BCUT2D eigenvalue weighted by Gasteiger charge is 2.57. The van der Waals surface area contributed by atoms with E-state index in [0.717, 1.165) is 49.8 Å². The summed E-state index contributed by atoms with van der Waals surface area (Å²) in [5, 5.41) is 30.9. The van der Waals surface area contributed by atoms with Gasteiger partial charge < -0.3 is 14.4 Å². The maximum Gasteiger partial charge on any atom is 0.219 e. The van der Waals surface area contributed by atoms with Crippen LogP contribution in [0.1, 0.15) is 30.4 Å². The number of hydrogen-bond acceptors (Lipinski definition) is 3. The summed E-state index contributed by atoms with van der Waals surface area (Å²) in [6.07, 6.45) is 4.42. The minimum Gasteiger partial charge on any atom is -0.494 e. The first-order valence-corrected chi connectivity index (χ1v) is 22.8. The van der Waals surface area contributed by atoms with E-state index in [9.17, 15) is 10.2 Å². The fraction of sp³-hybridized carbons (Fsp3) is 0.149. The molecule has 1 aromatic heterocycles. The molecule has 0 amide bonds. The molecule has 4 nitrogen and oxygen atoms in total. The van der Waals surface area contributed by atoms with Crippen LogP contribution >= 0.6 is 0 Å². The van der Waals surface area contributed by atoms with E-state index in [4.69, 9.17) is 0 Å². The normalized spacial score (nSPS) is 13.2. The van der Waals surface area contributed by atoms with E-state index in [1.165, 1.54) is 31.1 Å². The third-order valence-corrected chi connectivity index (χ3v) is 22.3. The predicted molar refractivity (Wildman–Crippen MR) is 224 cm³/mol. The lowest BCUT2D eigenvalue weighted by molar-refractivity contribution is 0.358. The van der Waals surface area contributed by atoms with E-state index in [-0.39, 0.29) is 11.8 Å². The van der Waals surface area contributed by atoms with Gasteiger partial charge in [-0.1, -0.05) is 182 Å². The first-order valence-electron chi connectivity index (χ1n) is 18.9. The largest absolute Gasteiger partial charge is 0.494 e. The van der Waals surface area contributed by atoms with Crippen molar-refractivity contribution in [1.29, 1.82) is 0 Å². The quantitative estimate of drug-likeness (QED) is 0.124. The number of benzene rings is 6. The molecule has 1 heterocycles. The van der Waals surface area contributed by atoms with E-state index in [1.807, 2.05) is 0 Å². The fourth-order valence-corrected chi connectivity index (χ4v) is 22.3. The topological polar surface area (TPSA) is 48.6 Å². The van der Waals surface area contributed by atoms with Crippen LogP contribution in [0.2, 0.25) is 0 Å². The van der Waals surface area contributed by atoms with Crippen LogP contribution in [0, 0.1) is 0 Å². The van der Waals surface area contributed by atoms with Crippen molar-refractivity contribution in [3.63, 3.8) is 0 Å². The lowest BCUT2D eigenvalue weighted by atomic mass is 9.95. The van der Waals surface area contributed by atoms with E-state index < -0.39 is 16.5 Å². The zero-order chi connectivity index (χ0) is 36.1. The van der Waals surface area contributed by atoms with Crippen LogP contribution in [0.25, 0.3) is 0 Å². The van der Waals surface area contributed by atoms with Gasteiger partial charge in [0.25, 0.3) is 0 Å². The van der Waals surface area contributed by atoms with Crippen molar-refractivity contribution in [3.05, 3.63) is 193 Å². The van der Waals surface area contributed by atoms with Crippen LogP contribution in [-0.2, 0) is 19.4 Å². The monoisotopic (exact) mass is 726 g/mol. The second-order valence-electron chi connectivity index (χ2n) is 14.1. The molecular weight excluding hydrogens is 681 g/mol. The molecule has 0 fully saturated rings. The second kappa shape index (κ2) is 15.3. The fourth-order valence-electron chi connectivity index (χ4n) is 9.02. The standard InChI is InChI=1S/C47H46N2O2Si2/c50-46-44-34-19-20-35-45(44)47(51)48(46)36-21-37-49(52(38-22-7-1-8-23-38,39-24-9-2-10-25-39)40-26-11-3-12-27-40)53(41-28-13-4-14-29-41,42-30-15-5-16-31-42)43-32-17-6-18-33-43/h1-18,22-33,50-51H,19-21,34-37H2. The van der Waals surface area contributed by atoms with Gasteiger partial charge in [0.1, 0.15) is 0 Å². The third kappa shape index (κ3) is 6.07. The van der Waals surface area contributed by atoms with E-state index >= 15 is 0 Å². The van der Waals surface area contributed by atoms with Gasteiger partial charge in [0, 0.05) is 17.7 Å². The molecule has 264 valence electrons. The molecule has 1 aliphatic carbocycles. The average Bonchev–Trinajstić information content (AvgIpc) is 3.48. The molecule has 6 heteroatoms. The van der Waals surface area contributed by atoms with Crippen molar-refractivity contribution in [2.45, 2.75) is 38.6 Å². The summed E-state index contributed by atoms with van der Waals surface area (Å²) in [4.78, 5) is 0. The van der Waals surface area contributed by atoms with Gasteiger partial charge >= 0.3 is 0 Å². The second-order valence-corrected chi connectivity index (χ2v) is 21.9. The van der Waals surface area contributed by atoms with Gasteiger partial charge in [0.15, 0.2) is 11.8 Å². The number of nitrogens with zero attached hydrogens (tertiary/aromatic N) is 2. The van der Waals surface area contributed by atoms with E-state index in [2.05, 4.69) is 186 Å². The Bertz CT molecular complexity index is 1880. The highest BCUT2D eigenvalue weighted by molar-refractivity contribution is 7.22. The molecule has 0 saturated heterocycles. The predicted octanol–water partition coefficient (Wildman–Crippen LogP) is 5.80. The summed E-state index contributed by atoms with van der Waals surface area (Å²) in [7, 11) is -6.30. The van der Waals surface area contributed by atoms with E-state index in [1.54, 1.807) is 4.57 Å². The van der Waals surface area contributed by atoms with Crippen LogP contribution in [0.15, 0.2) is 182 Å². The maximum atomic E-state index is 11.5. The van der Waals surface area contributed by atoms with Crippen LogP contribution < -0.4 is 31.1 Å². The molecule has 0 saturated carbocycles. The number of fused-ring (bicyclic) bond motifs is 1. The summed E-state index contributed by atoms with van der Waals surface area (Å²) in [6, 6.07) is 67.2. The number of hydrogen-bond donors (Lipinski definition) is 2. The number of aromatic hydroxyl groups is 2. The van der Waals surface area contributed by atoms with Crippen molar-refractivity contribution in [3.8, 4) is 11.8 Å². The molecule has 2 N–H and O–H groups in total. The Morgan fingerprint density at radius 1 is 0.415 bits per heavy atom. The van der Waals surface area contributed by atoms with Gasteiger partial charge in [-0.3, -0.25) is 4.57 Å². The van der Waals surface area contributed by atoms with E-state index in [0.29, 0.717) is 6.54 Å². The first kappa shape index (κ1) is 34.7. The van der Waals surface area contributed by atoms with Crippen LogP contribution in [0.3, 0.4) is 0 Å². The molecule has 0 atom stereocenters. The molecule has 0 unspecified atom stereocenters.